The van der Waals surface area contributed by atoms with Crippen molar-refractivity contribution in [3.63, 3.8) is 0 Å². The second kappa shape index (κ2) is 6.32. The molecule has 106 valence electrons. The maximum Gasteiger partial charge on any atom is 0.246 e. The second-order valence-electron chi connectivity index (χ2n) is 4.79. The number of aromatic nitrogens is 1. The molecule has 0 atom stereocenters. The molecule has 0 radical (unpaired) electrons. The van der Waals surface area contributed by atoms with Crippen LogP contribution in [0.25, 0.3) is 0 Å². The molecule has 1 heterocycles. The lowest BCUT2D eigenvalue weighted by Crippen LogP contribution is -2.36. The molecule has 0 unspecified atom stereocenters. The van der Waals surface area contributed by atoms with Crippen LogP contribution < -0.4 is 5.32 Å². The summed E-state index contributed by atoms with van der Waals surface area (Å²) in [5, 5.41) is 2.79. The summed E-state index contributed by atoms with van der Waals surface area (Å²) >= 11 is 0. The lowest BCUT2D eigenvalue weighted by Gasteiger charge is -2.18. The molecule has 0 saturated carbocycles. The van der Waals surface area contributed by atoms with Crippen LogP contribution in [0.4, 0.5) is 5.69 Å². The minimum Gasteiger partial charge on any atom is -0.330 e. The van der Waals surface area contributed by atoms with Gasteiger partial charge in [-0.15, -0.1) is 0 Å². The van der Waals surface area contributed by atoms with Crippen molar-refractivity contribution in [2.75, 3.05) is 18.4 Å². The first kappa shape index (κ1) is 14.2. The first-order valence-electron chi connectivity index (χ1n) is 6.83. The average Bonchev–Trinajstić information content (AvgIpc) is 2.91. The van der Waals surface area contributed by atoms with Crippen molar-refractivity contribution in [2.45, 2.75) is 26.2 Å². The van der Waals surface area contributed by atoms with Gasteiger partial charge in [0.05, 0.1) is 11.9 Å². The Morgan fingerprint density at radius 2 is 2.30 bits per heavy atom. The molecule has 0 aliphatic heterocycles. The zero-order valence-electron chi connectivity index (χ0n) is 11.7. The highest BCUT2D eigenvalue weighted by Gasteiger charge is 2.15. The normalized spacial score (nSPS) is 12.7. The zero-order chi connectivity index (χ0) is 14.5. The number of rotatable bonds is 5. The second-order valence-corrected chi connectivity index (χ2v) is 4.79. The smallest absolute Gasteiger partial charge is 0.246 e. The van der Waals surface area contributed by atoms with Gasteiger partial charge >= 0.3 is 0 Å². The molecule has 0 saturated heterocycles. The van der Waals surface area contributed by atoms with E-state index in [0.29, 0.717) is 12.2 Å². The van der Waals surface area contributed by atoms with Gasteiger partial charge in [-0.1, -0.05) is 6.58 Å². The van der Waals surface area contributed by atoms with Crippen LogP contribution in [0.5, 0.6) is 0 Å². The third-order valence-electron chi connectivity index (χ3n) is 3.41. The molecule has 1 aromatic rings. The first-order chi connectivity index (χ1) is 9.63. The van der Waals surface area contributed by atoms with Crippen molar-refractivity contribution in [1.82, 2.24) is 9.88 Å². The van der Waals surface area contributed by atoms with Gasteiger partial charge in [-0.05, 0) is 43.9 Å². The summed E-state index contributed by atoms with van der Waals surface area (Å²) in [6.45, 7) is 5.75. The summed E-state index contributed by atoms with van der Waals surface area (Å²) < 4.78 is 0. The van der Waals surface area contributed by atoms with Crippen LogP contribution in [-0.4, -0.2) is 34.8 Å². The number of pyridine rings is 1. The highest BCUT2D eigenvalue weighted by Crippen LogP contribution is 2.22. The topological polar surface area (TPSA) is 62.3 Å². The number of nitrogens with zero attached hydrogens (tertiary/aromatic N) is 2. The summed E-state index contributed by atoms with van der Waals surface area (Å²) in [5.41, 5.74) is 3.02. The Bertz CT molecular complexity index is 540. The van der Waals surface area contributed by atoms with Crippen molar-refractivity contribution in [3.05, 3.63) is 36.2 Å². The Balaban J connectivity index is 1.97. The Morgan fingerprint density at radius 3 is 3.00 bits per heavy atom. The minimum absolute atomic E-state index is 0.0262. The number of anilines is 1. The van der Waals surface area contributed by atoms with E-state index in [2.05, 4.69) is 16.9 Å². The standard InChI is InChI=1S/C15H19N3O2/c1-3-15(20)18(4-2)10-14(19)17-12-8-11-6-5-7-13(11)16-9-12/h3,8-9H,1,4-7,10H2,2H3,(H,17,19). The van der Waals surface area contributed by atoms with Crippen molar-refractivity contribution in [3.8, 4) is 0 Å². The van der Waals surface area contributed by atoms with Gasteiger partial charge in [-0.2, -0.15) is 0 Å². The molecule has 1 aliphatic carbocycles. The zero-order valence-corrected chi connectivity index (χ0v) is 11.7. The van der Waals surface area contributed by atoms with Crippen LogP contribution in [0.1, 0.15) is 24.6 Å². The fourth-order valence-electron chi connectivity index (χ4n) is 2.34. The first-order valence-corrected chi connectivity index (χ1v) is 6.83. The van der Waals surface area contributed by atoms with Crippen LogP contribution in [0.3, 0.4) is 0 Å². The summed E-state index contributed by atoms with van der Waals surface area (Å²) in [6.07, 6.45) is 6.04. The molecule has 1 N–H and O–H groups in total. The number of carbonyl (C=O) groups is 2. The Morgan fingerprint density at radius 1 is 1.50 bits per heavy atom. The van der Waals surface area contributed by atoms with E-state index < -0.39 is 0 Å². The number of hydrogen-bond donors (Lipinski definition) is 1. The minimum atomic E-state index is -0.241. The number of fused-ring (bicyclic) bond motifs is 1. The highest BCUT2D eigenvalue weighted by atomic mass is 16.2. The molecule has 2 rings (SSSR count). The quantitative estimate of drug-likeness (QED) is 0.828. The van der Waals surface area contributed by atoms with Crippen LogP contribution >= 0.6 is 0 Å². The summed E-state index contributed by atoms with van der Waals surface area (Å²) in [7, 11) is 0. The maximum atomic E-state index is 11.9. The molecule has 5 nitrogen and oxygen atoms in total. The Kier molecular flexibility index (Phi) is 4.50. The molecule has 5 heteroatoms. The number of aryl methyl sites for hydroxylation is 2. The predicted molar refractivity (Wildman–Crippen MR) is 77.3 cm³/mol. The van der Waals surface area contributed by atoms with Crippen molar-refractivity contribution in [2.24, 2.45) is 0 Å². The van der Waals surface area contributed by atoms with Gasteiger partial charge in [0.2, 0.25) is 11.8 Å². The van der Waals surface area contributed by atoms with E-state index in [4.69, 9.17) is 0 Å². The average molecular weight is 273 g/mol. The predicted octanol–water partition coefficient (Wildman–Crippen LogP) is 1.54. The van der Waals surface area contributed by atoms with Crippen LogP contribution in [0.2, 0.25) is 0 Å². The Labute approximate surface area is 118 Å². The fraction of sp³-hybridized carbons (Fsp3) is 0.400. The maximum absolute atomic E-state index is 11.9. The van der Waals surface area contributed by atoms with Crippen LogP contribution in [0.15, 0.2) is 24.9 Å². The van der Waals surface area contributed by atoms with Crippen LogP contribution in [-0.2, 0) is 22.4 Å². The molecular formula is C15H19N3O2. The van der Waals surface area contributed by atoms with E-state index in [0.717, 1.165) is 25.0 Å². The Hall–Kier alpha value is -2.17. The van der Waals surface area contributed by atoms with Crippen molar-refractivity contribution >= 4 is 17.5 Å². The SMILES string of the molecule is C=CC(=O)N(CC)CC(=O)Nc1cnc2c(c1)CCC2. The third-order valence-corrected chi connectivity index (χ3v) is 3.41. The monoisotopic (exact) mass is 273 g/mol. The van der Waals surface area contributed by atoms with E-state index in [-0.39, 0.29) is 18.4 Å². The fourth-order valence-corrected chi connectivity index (χ4v) is 2.34. The molecular weight excluding hydrogens is 254 g/mol. The number of hydrogen-bond acceptors (Lipinski definition) is 3. The van der Waals surface area contributed by atoms with Gasteiger partial charge in [-0.3, -0.25) is 14.6 Å². The highest BCUT2D eigenvalue weighted by molar-refractivity contribution is 5.96. The molecule has 1 aromatic heterocycles. The van der Waals surface area contributed by atoms with Gasteiger partial charge in [0.25, 0.3) is 0 Å². The van der Waals surface area contributed by atoms with E-state index in [1.807, 2.05) is 13.0 Å². The largest absolute Gasteiger partial charge is 0.330 e. The third kappa shape index (κ3) is 3.23. The van der Waals surface area contributed by atoms with Gasteiger partial charge < -0.3 is 10.2 Å². The molecule has 0 bridgehead atoms. The number of nitrogens with one attached hydrogen (secondary N) is 1. The van der Waals surface area contributed by atoms with Crippen LogP contribution in [0, 0.1) is 0 Å². The molecule has 0 aromatic carbocycles. The number of amides is 2. The molecule has 20 heavy (non-hydrogen) atoms. The van der Waals surface area contributed by atoms with Gasteiger partial charge in [0, 0.05) is 12.2 Å². The van der Waals surface area contributed by atoms with E-state index in [9.17, 15) is 9.59 Å². The van der Waals surface area contributed by atoms with E-state index >= 15 is 0 Å². The van der Waals surface area contributed by atoms with Crippen molar-refractivity contribution in [1.29, 1.82) is 0 Å². The van der Waals surface area contributed by atoms with E-state index in [1.165, 1.54) is 16.5 Å². The summed E-state index contributed by atoms with van der Waals surface area (Å²) in [5.74, 6) is -0.462. The van der Waals surface area contributed by atoms with E-state index in [1.54, 1.807) is 6.20 Å². The van der Waals surface area contributed by atoms with Gasteiger partial charge in [-0.25, -0.2) is 0 Å². The summed E-state index contributed by atoms with van der Waals surface area (Å²) in [4.78, 5) is 29.2. The van der Waals surface area contributed by atoms with Gasteiger partial charge in [0.1, 0.15) is 6.54 Å². The lowest BCUT2D eigenvalue weighted by atomic mass is 10.2. The van der Waals surface area contributed by atoms with Gasteiger partial charge in [0.15, 0.2) is 0 Å². The number of carbonyl (C=O) groups excluding carboxylic acids is 2. The number of likely N-dealkylation sites (N-methyl/N-ethyl adjacent to an activating group) is 1. The van der Waals surface area contributed by atoms with Crippen molar-refractivity contribution < 1.29 is 9.59 Å². The molecule has 2 amide bonds. The lowest BCUT2D eigenvalue weighted by molar-refractivity contribution is -0.130. The summed E-state index contributed by atoms with van der Waals surface area (Å²) in [6, 6.07) is 1.97. The molecule has 1 aliphatic rings. The molecule has 0 fully saturated rings. The molecule has 0 spiro atoms.